The van der Waals surface area contributed by atoms with Crippen molar-refractivity contribution in [3.63, 3.8) is 0 Å². The van der Waals surface area contributed by atoms with Gasteiger partial charge in [-0.2, -0.15) is 0 Å². The highest BCUT2D eigenvalue weighted by atomic mass is 16.5. The van der Waals surface area contributed by atoms with Gasteiger partial charge in [0.1, 0.15) is 5.75 Å². The Labute approximate surface area is 181 Å². The van der Waals surface area contributed by atoms with Gasteiger partial charge in [0, 0.05) is 30.7 Å². The van der Waals surface area contributed by atoms with Gasteiger partial charge in [0.25, 0.3) is 0 Å². The van der Waals surface area contributed by atoms with Crippen molar-refractivity contribution in [1.29, 1.82) is 0 Å². The molecular formula is C24H26N4O3. The van der Waals surface area contributed by atoms with E-state index in [9.17, 15) is 9.59 Å². The van der Waals surface area contributed by atoms with Crippen molar-refractivity contribution in [1.82, 2.24) is 15.1 Å². The van der Waals surface area contributed by atoms with Gasteiger partial charge < -0.3 is 15.4 Å². The Morgan fingerprint density at radius 2 is 2.06 bits per heavy atom. The number of benzene rings is 2. The number of nitrogens with one attached hydrogen (secondary N) is 2. The van der Waals surface area contributed by atoms with Gasteiger partial charge in [0.05, 0.1) is 24.4 Å². The van der Waals surface area contributed by atoms with Crippen LogP contribution in [0.2, 0.25) is 0 Å². The third-order valence-electron chi connectivity index (χ3n) is 5.37. The lowest BCUT2D eigenvalue weighted by atomic mass is 10.0. The number of hydrogen-bond acceptors (Lipinski definition) is 4. The lowest BCUT2D eigenvalue weighted by Gasteiger charge is -2.10. The standard InChI is InChI=1S/C24H26N4O3/c1-3-6-16-7-4-8-17(11-16)21-14-22(26-24(30)18-12-23(29)25-15-18)27-28(21)19-9-5-10-20(13-19)31-2/h4-5,7-11,13-14,18H,3,6,12,15H2,1-2H3,(H,25,29)(H,26,27,30)/t18-/m1/s1. The van der Waals surface area contributed by atoms with E-state index in [1.807, 2.05) is 42.5 Å². The molecule has 1 aromatic heterocycles. The Bertz CT molecular complexity index is 1110. The summed E-state index contributed by atoms with van der Waals surface area (Å²) in [5.41, 5.74) is 3.95. The van der Waals surface area contributed by atoms with E-state index in [2.05, 4.69) is 34.8 Å². The molecule has 0 radical (unpaired) electrons. The predicted octanol–water partition coefficient (Wildman–Crippen LogP) is 3.58. The number of rotatable bonds is 7. The van der Waals surface area contributed by atoms with Gasteiger partial charge in [-0.1, -0.05) is 37.6 Å². The average molecular weight is 418 g/mol. The third kappa shape index (κ3) is 4.60. The molecule has 2 N–H and O–H groups in total. The Balaban J connectivity index is 1.72. The van der Waals surface area contributed by atoms with Crippen molar-refractivity contribution >= 4 is 17.6 Å². The van der Waals surface area contributed by atoms with E-state index in [4.69, 9.17) is 4.74 Å². The number of carbonyl (C=O) groups is 2. The second kappa shape index (κ2) is 9.04. The molecule has 0 aliphatic carbocycles. The number of hydrogen-bond donors (Lipinski definition) is 2. The Morgan fingerprint density at radius 1 is 1.23 bits per heavy atom. The normalized spacial score (nSPS) is 15.5. The maximum Gasteiger partial charge on any atom is 0.230 e. The molecule has 1 aliphatic rings. The van der Waals surface area contributed by atoms with Crippen LogP contribution in [0, 0.1) is 5.92 Å². The molecule has 31 heavy (non-hydrogen) atoms. The quantitative estimate of drug-likeness (QED) is 0.614. The maximum absolute atomic E-state index is 12.6. The minimum atomic E-state index is -0.384. The van der Waals surface area contributed by atoms with E-state index in [0.29, 0.717) is 12.4 Å². The van der Waals surface area contributed by atoms with E-state index in [0.717, 1.165) is 35.5 Å². The number of ether oxygens (including phenoxy) is 1. The summed E-state index contributed by atoms with van der Waals surface area (Å²) in [5, 5.41) is 10.2. The number of anilines is 1. The van der Waals surface area contributed by atoms with E-state index >= 15 is 0 Å². The Kier molecular flexibility index (Phi) is 6.02. The molecule has 1 fully saturated rings. The fourth-order valence-electron chi connectivity index (χ4n) is 3.78. The molecule has 160 valence electrons. The first-order chi connectivity index (χ1) is 15.1. The number of aryl methyl sites for hydroxylation is 1. The Hall–Kier alpha value is -3.61. The van der Waals surface area contributed by atoms with Crippen LogP contribution in [-0.2, 0) is 16.0 Å². The summed E-state index contributed by atoms with van der Waals surface area (Å²) in [6.07, 6.45) is 2.26. The van der Waals surface area contributed by atoms with Crippen molar-refractivity contribution in [3.8, 4) is 22.7 Å². The Morgan fingerprint density at radius 3 is 2.81 bits per heavy atom. The molecule has 1 saturated heterocycles. The lowest BCUT2D eigenvalue weighted by Crippen LogP contribution is -2.24. The highest BCUT2D eigenvalue weighted by molar-refractivity contribution is 5.97. The van der Waals surface area contributed by atoms with Crippen LogP contribution in [0.1, 0.15) is 25.3 Å². The second-order valence-electron chi connectivity index (χ2n) is 7.67. The molecule has 4 rings (SSSR count). The van der Waals surface area contributed by atoms with Crippen LogP contribution >= 0.6 is 0 Å². The molecule has 0 unspecified atom stereocenters. The summed E-state index contributed by atoms with van der Waals surface area (Å²) in [4.78, 5) is 24.1. The SMILES string of the molecule is CCCc1cccc(-c2cc(NC(=O)[C@H]3CNC(=O)C3)nn2-c2cccc(OC)c2)c1. The monoisotopic (exact) mass is 418 g/mol. The molecule has 2 amide bonds. The summed E-state index contributed by atoms with van der Waals surface area (Å²) in [6, 6.07) is 17.8. The molecule has 7 heteroatoms. The van der Waals surface area contributed by atoms with Gasteiger partial charge in [0.15, 0.2) is 5.82 Å². The topological polar surface area (TPSA) is 85.3 Å². The van der Waals surface area contributed by atoms with Gasteiger partial charge in [-0.25, -0.2) is 4.68 Å². The van der Waals surface area contributed by atoms with Crippen LogP contribution in [0.5, 0.6) is 5.75 Å². The first-order valence-electron chi connectivity index (χ1n) is 10.5. The third-order valence-corrected chi connectivity index (χ3v) is 5.37. The smallest absolute Gasteiger partial charge is 0.230 e. The zero-order chi connectivity index (χ0) is 21.8. The van der Waals surface area contributed by atoms with Crippen molar-refractivity contribution < 1.29 is 14.3 Å². The van der Waals surface area contributed by atoms with Gasteiger partial charge >= 0.3 is 0 Å². The number of methoxy groups -OCH3 is 1. The fraction of sp³-hybridized carbons (Fsp3) is 0.292. The van der Waals surface area contributed by atoms with Crippen molar-refractivity contribution in [2.45, 2.75) is 26.2 Å². The zero-order valence-corrected chi connectivity index (χ0v) is 17.7. The largest absolute Gasteiger partial charge is 0.497 e. The van der Waals surface area contributed by atoms with Crippen LogP contribution in [-0.4, -0.2) is 35.2 Å². The minimum absolute atomic E-state index is 0.101. The summed E-state index contributed by atoms with van der Waals surface area (Å²) in [5.74, 6) is 0.476. The average Bonchev–Trinajstić information content (AvgIpc) is 3.41. The fourth-order valence-corrected chi connectivity index (χ4v) is 3.78. The van der Waals surface area contributed by atoms with Crippen LogP contribution in [0.4, 0.5) is 5.82 Å². The number of nitrogens with zero attached hydrogens (tertiary/aromatic N) is 2. The molecule has 0 saturated carbocycles. The molecule has 1 atom stereocenters. The van der Waals surface area contributed by atoms with Gasteiger partial charge in [-0.3, -0.25) is 9.59 Å². The molecule has 7 nitrogen and oxygen atoms in total. The number of carbonyl (C=O) groups excluding carboxylic acids is 2. The molecule has 0 spiro atoms. The molecule has 2 heterocycles. The first kappa shape index (κ1) is 20.7. The first-order valence-corrected chi connectivity index (χ1v) is 10.5. The minimum Gasteiger partial charge on any atom is -0.497 e. The number of amides is 2. The van der Waals surface area contributed by atoms with Gasteiger partial charge in [-0.05, 0) is 30.2 Å². The van der Waals surface area contributed by atoms with E-state index < -0.39 is 0 Å². The van der Waals surface area contributed by atoms with E-state index in [-0.39, 0.29) is 24.2 Å². The summed E-state index contributed by atoms with van der Waals surface area (Å²) >= 11 is 0. The highest BCUT2D eigenvalue weighted by Gasteiger charge is 2.28. The van der Waals surface area contributed by atoms with Crippen molar-refractivity contribution in [2.24, 2.45) is 5.92 Å². The molecule has 1 aliphatic heterocycles. The molecular weight excluding hydrogens is 392 g/mol. The van der Waals surface area contributed by atoms with Gasteiger partial charge in [0.2, 0.25) is 11.8 Å². The van der Waals surface area contributed by atoms with Crippen LogP contribution in [0.15, 0.2) is 54.6 Å². The van der Waals surface area contributed by atoms with Crippen LogP contribution < -0.4 is 15.4 Å². The molecule has 2 aromatic carbocycles. The highest BCUT2D eigenvalue weighted by Crippen LogP contribution is 2.29. The lowest BCUT2D eigenvalue weighted by molar-refractivity contribution is -0.123. The number of aromatic nitrogens is 2. The van der Waals surface area contributed by atoms with Gasteiger partial charge in [-0.15, -0.1) is 5.10 Å². The molecule has 0 bridgehead atoms. The summed E-state index contributed by atoms with van der Waals surface area (Å²) < 4.78 is 7.18. The van der Waals surface area contributed by atoms with E-state index in [1.165, 1.54) is 5.56 Å². The van der Waals surface area contributed by atoms with Crippen LogP contribution in [0.3, 0.4) is 0 Å². The molecule has 3 aromatic rings. The second-order valence-corrected chi connectivity index (χ2v) is 7.67. The van der Waals surface area contributed by atoms with E-state index in [1.54, 1.807) is 11.8 Å². The van der Waals surface area contributed by atoms with Crippen molar-refractivity contribution in [2.75, 3.05) is 19.0 Å². The van der Waals surface area contributed by atoms with Crippen molar-refractivity contribution in [3.05, 3.63) is 60.2 Å². The van der Waals surface area contributed by atoms with Crippen LogP contribution in [0.25, 0.3) is 16.9 Å². The summed E-state index contributed by atoms with van der Waals surface area (Å²) in [7, 11) is 1.62. The zero-order valence-electron chi connectivity index (χ0n) is 17.7. The predicted molar refractivity (Wildman–Crippen MR) is 119 cm³/mol. The summed E-state index contributed by atoms with van der Waals surface area (Å²) in [6.45, 7) is 2.51. The maximum atomic E-state index is 12.6.